The molecule has 4 heterocycles. The van der Waals surface area contributed by atoms with Crippen LogP contribution < -0.4 is 10.1 Å². The van der Waals surface area contributed by atoms with Gasteiger partial charge in [-0.2, -0.15) is 5.10 Å². The number of ether oxygens (including phenoxy) is 1. The first kappa shape index (κ1) is 18.8. The van der Waals surface area contributed by atoms with E-state index in [0.717, 1.165) is 35.7 Å². The number of rotatable bonds is 3. The molecule has 3 aromatic rings. The van der Waals surface area contributed by atoms with Crippen LogP contribution in [0.1, 0.15) is 41.5 Å². The summed E-state index contributed by atoms with van der Waals surface area (Å²) in [6, 6.07) is 10.5. The second kappa shape index (κ2) is 6.93. The summed E-state index contributed by atoms with van der Waals surface area (Å²) in [5, 5.41) is 8.14. The SMILES string of the molecule is CCOc1ccc2c(c1)NC1(CCN(C(=O)c3cn(C)nc3C)CC1)c1cccn1-2. The number of amides is 1. The molecule has 1 N–H and O–H groups in total. The van der Waals surface area contributed by atoms with Crippen molar-refractivity contribution in [3.8, 4) is 11.4 Å². The first-order valence-electron chi connectivity index (χ1n) is 10.5. The van der Waals surface area contributed by atoms with Crippen LogP contribution >= 0.6 is 0 Å². The Morgan fingerprint density at radius 2 is 2.07 bits per heavy atom. The van der Waals surface area contributed by atoms with Gasteiger partial charge in [0, 0.05) is 44.3 Å². The molecule has 7 heteroatoms. The minimum absolute atomic E-state index is 0.0701. The molecular formula is C23H27N5O2. The molecule has 0 radical (unpaired) electrons. The molecule has 1 aromatic carbocycles. The van der Waals surface area contributed by atoms with Crippen molar-refractivity contribution in [2.75, 3.05) is 25.0 Å². The Labute approximate surface area is 176 Å². The molecule has 1 spiro atoms. The van der Waals surface area contributed by atoms with Gasteiger partial charge in [0.05, 0.1) is 34.8 Å². The van der Waals surface area contributed by atoms with Gasteiger partial charge in [-0.1, -0.05) is 0 Å². The molecule has 5 rings (SSSR count). The number of aryl methyl sites for hydroxylation is 2. The third-order valence-corrected chi connectivity index (χ3v) is 6.30. The van der Waals surface area contributed by atoms with Crippen LogP contribution in [0, 0.1) is 6.92 Å². The van der Waals surface area contributed by atoms with E-state index in [0.29, 0.717) is 25.3 Å². The van der Waals surface area contributed by atoms with E-state index >= 15 is 0 Å². The van der Waals surface area contributed by atoms with E-state index in [-0.39, 0.29) is 11.4 Å². The molecule has 2 aliphatic rings. The molecule has 0 bridgehead atoms. The van der Waals surface area contributed by atoms with E-state index in [1.54, 1.807) is 4.68 Å². The molecule has 0 aliphatic carbocycles. The number of hydrogen-bond acceptors (Lipinski definition) is 4. The van der Waals surface area contributed by atoms with Gasteiger partial charge in [-0.05, 0) is 51.0 Å². The van der Waals surface area contributed by atoms with Gasteiger partial charge >= 0.3 is 0 Å². The average molecular weight is 406 g/mol. The number of nitrogens with zero attached hydrogens (tertiary/aromatic N) is 4. The van der Waals surface area contributed by atoms with Crippen molar-refractivity contribution < 1.29 is 9.53 Å². The Morgan fingerprint density at radius 1 is 1.27 bits per heavy atom. The van der Waals surface area contributed by atoms with E-state index in [4.69, 9.17) is 4.74 Å². The number of fused-ring (bicyclic) bond motifs is 4. The van der Waals surface area contributed by atoms with Gasteiger partial charge in [-0.3, -0.25) is 9.48 Å². The van der Waals surface area contributed by atoms with Crippen LogP contribution in [0.15, 0.2) is 42.7 Å². The first-order chi connectivity index (χ1) is 14.5. The fourth-order valence-corrected chi connectivity index (χ4v) is 4.84. The Hall–Kier alpha value is -3.22. The highest BCUT2D eigenvalue weighted by atomic mass is 16.5. The summed E-state index contributed by atoms with van der Waals surface area (Å²) >= 11 is 0. The molecule has 1 fully saturated rings. The minimum Gasteiger partial charge on any atom is -0.494 e. The summed E-state index contributed by atoms with van der Waals surface area (Å²) < 4.78 is 9.69. The van der Waals surface area contributed by atoms with Crippen LogP contribution in [-0.4, -0.2) is 44.9 Å². The van der Waals surface area contributed by atoms with Gasteiger partial charge in [0.2, 0.25) is 0 Å². The van der Waals surface area contributed by atoms with E-state index in [1.807, 2.05) is 38.1 Å². The standard InChI is InChI=1S/C23H27N5O2/c1-4-30-17-7-8-20-19(14-17)24-23(21-6-5-11-28(20)21)9-12-27(13-10-23)22(29)18-15-26(3)25-16(18)2/h5-8,11,14-15,24H,4,9-10,12-13H2,1-3H3. The van der Waals surface area contributed by atoms with E-state index in [1.165, 1.54) is 5.69 Å². The Balaban J connectivity index is 1.42. The number of anilines is 1. The molecule has 1 amide bonds. The Morgan fingerprint density at radius 3 is 2.77 bits per heavy atom. The zero-order chi connectivity index (χ0) is 20.9. The number of benzene rings is 1. The molecule has 2 aromatic heterocycles. The van der Waals surface area contributed by atoms with Gasteiger partial charge in [-0.15, -0.1) is 0 Å². The van der Waals surface area contributed by atoms with E-state index in [2.05, 4.69) is 45.4 Å². The van der Waals surface area contributed by atoms with Crippen molar-refractivity contribution in [3.05, 3.63) is 59.7 Å². The largest absolute Gasteiger partial charge is 0.494 e. The lowest BCUT2D eigenvalue weighted by Gasteiger charge is -2.46. The second-order valence-electron chi connectivity index (χ2n) is 8.18. The number of piperidine rings is 1. The lowest BCUT2D eigenvalue weighted by molar-refractivity contribution is 0.0675. The van der Waals surface area contributed by atoms with Crippen LogP contribution in [0.2, 0.25) is 0 Å². The maximum atomic E-state index is 13.0. The first-order valence-corrected chi connectivity index (χ1v) is 10.5. The van der Waals surface area contributed by atoms with Gasteiger partial charge in [0.15, 0.2) is 0 Å². The Kier molecular flexibility index (Phi) is 4.34. The van der Waals surface area contributed by atoms with E-state index < -0.39 is 0 Å². The van der Waals surface area contributed by atoms with E-state index in [9.17, 15) is 4.79 Å². The highest BCUT2D eigenvalue weighted by molar-refractivity contribution is 5.95. The van der Waals surface area contributed by atoms with Crippen molar-refractivity contribution in [1.29, 1.82) is 0 Å². The molecule has 156 valence electrons. The molecule has 1 saturated heterocycles. The predicted molar refractivity (Wildman–Crippen MR) is 115 cm³/mol. The quantitative estimate of drug-likeness (QED) is 0.725. The highest BCUT2D eigenvalue weighted by Gasteiger charge is 2.42. The summed E-state index contributed by atoms with van der Waals surface area (Å²) in [7, 11) is 1.85. The average Bonchev–Trinajstić information content (AvgIpc) is 3.35. The number of carbonyl (C=O) groups excluding carboxylic acids is 1. The topological polar surface area (TPSA) is 64.3 Å². The Bertz CT molecular complexity index is 1100. The number of carbonyl (C=O) groups is 1. The summed E-state index contributed by atoms with van der Waals surface area (Å²) in [5.74, 6) is 0.940. The number of hydrogen-bond donors (Lipinski definition) is 1. The van der Waals surface area contributed by atoms with Crippen molar-refractivity contribution in [2.45, 2.75) is 32.2 Å². The fourth-order valence-electron chi connectivity index (χ4n) is 4.84. The summed E-state index contributed by atoms with van der Waals surface area (Å²) in [6.45, 7) is 5.93. The summed E-state index contributed by atoms with van der Waals surface area (Å²) in [4.78, 5) is 15.0. The van der Waals surface area contributed by atoms with Gasteiger partial charge in [0.1, 0.15) is 5.75 Å². The summed E-state index contributed by atoms with van der Waals surface area (Å²) in [5.41, 5.74) is 4.75. The van der Waals surface area contributed by atoms with Crippen molar-refractivity contribution in [2.24, 2.45) is 7.05 Å². The third kappa shape index (κ3) is 2.88. The number of nitrogens with one attached hydrogen (secondary N) is 1. The maximum Gasteiger partial charge on any atom is 0.257 e. The van der Waals surface area contributed by atoms with Crippen molar-refractivity contribution in [1.82, 2.24) is 19.2 Å². The second-order valence-corrected chi connectivity index (χ2v) is 8.18. The van der Waals surface area contributed by atoms with Gasteiger partial charge in [-0.25, -0.2) is 0 Å². The molecule has 2 aliphatic heterocycles. The van der Waals surface area contributed by atoms with Gasteiger partial charge < -0.3 is 19.5 Å². The molecule has 7 nitrogen and oxygen atoms in total. The van der Waals surface area contributed by atoms with Crippen LogP contribution in [-0.2, 0) is 12.6 Å². The van der Waals surface area contributed by atoms with Crippen LogP contribution in [0.25, 0.3) is 5.69 Å². The zero-order valence-corrected chi connectivity index (χ0v) is 17.7. The smallest absolute Gasteiger partial charge is 0.257 e. The van der Waals surface area contributed by atoms with Crippen LogP contribution in [0.5, 0.6) is 5.75 Å². The molecular weight excluding hydrogens is 378 g/mol. The minimum atomic E-state index is -0.192. The van der Waals surface area contributed by atoms with Crippen molar-refractivity contribution >= 4 is 11.6 Å². The normalized spacial score (nSPS) is 16.7. The number of likely N-dealkylation sites (tertiary alicyclic amines) is 1. The third-order valence-electron chi connectivity index (χ3n) is 6.30. The maximum absolute atomic E-state index is 13.0. The molecule has 0 saturated carbocycles. The highest BCUT2D eigenvalue weighted by Crippen LogP contribution is 2.44. The molecule has 30 heavy (non-hydrogen) atoms. The lowest BCUT2D eigenvalue weighted by atomic mass is 9.82. The lowest BCUT2D eigenvalue weighted by Crippen LogP contribution is -2.51. The fraction of sp³-hybridized carbons (Fsp3) is 0.391. The van der Waals surface area contributed by atoms with Crippen LogP contribution in [0.4, 0.5) is 5.69 Å². The summed E-state index contributed by atoms with van der Waals surface area (Å²) in [6.07, 6.45) is 5.63. The molecule has 0 unspecified atom stereocenters. The van der Waals surface area contributed by atoms with Crippen molar-refractivity contribution in [3.63, 3.8) is 0 Å². The predicted octanol–water partition coefficient (Wildman–Crippen LogP) is 3.47. The number of aromatic nitrogens is 3. The van der Waals surface area contributed by atoms with Gasteiger partial charge in [0.25, 0.3) is 5.91 Å². The van der Waals surface area contributed by atoms with Crippen LogP contribution in [0.3, 0.4) is 0 Å². The zero-order valence-electron chi connectivity index (χ0n) is 17.7. The molecule has 0 atom stereocenters. The monoisotopic (exact) mass is 405 g/mol.